The SMILES string of the molecule is Cc1cc(N(C)C)nc(N2CCN(C(=O)c3cccc(C(F)(F)F)c3)CC2)n1. The highest BCUT2D eigenvalue weighted by Crippen LogP contribution is 2.30. The lowest BCUT2D eigenvalue weighted by Crippen LogP contribution is -2.49. The van der Waals surface area contributed by atoms with Crippen LogP contribution in [0.1, 0.15) is 21.6 Å². The van der Waals surface area contributed by atoms with Crippen molar-refractivity contribution in [2.45, 2.75) is 13.1 Å². The fourth-order valence-electron chi connectivity index (χ4n) is 3.03. The Bertz CT molecular complexity index is 861. The molecule has 1 fully saturated rings. The number of benzene rings is 1. The fourth-order valence-corrected chi connectivity index (χ4v) is 3.03. The summed E-state index contributed by atoms with van der Waals surface area (Å²) in [5, 5.41) is 0. The Hall–Kier alpha value is -2.84. The van der Waals surface area contributed by atoms with E-state index >= 15 is 0 Å². The van der Waals surface area contributed by atoms with Crippen LogP contribution in [0, 0.1) is 6.92 Å². The molecule has 1 aliphatic heterocycles. The van der Waals surface area contributed by atoms with E-state index in [2.05, 4.69) is 9.97 Å². The van der Waals surface area contributed by atoms with Crippen molar-refractivity contribution < 1.29 is 18.0 Å². The molecule has 1 aliphatic rings. The summed E-state index contributed by atoms with van der Waals surface area (Å²) in [6, 6.07) is 6.43. The van der Waals surface area contributed by atoms with E-state index in [1.54, 1.807) is 4.90 Å². The quantitative estimate of drug-likeness (QED) is 0.803. The molecule has 6 nitrogen and oxygen atoms in total. The van der Waals surface area contributed by atoms with Crippen molar-refractivity contribution in [3.63, 3.8) is 0 Å². The number of hydrogen-bond acceptors (Lipinski definition) is 5. The van der Waals surface area contributed by atoms with E-state index < -0.39 is 17.6 Å². The first-order valence-corrected chi connectivity index (χ1v) is 8.89. The summed E-state index contributed by atoms with van der Waals surface area (Å²) in [5.41, 5.74) is 0.0718. The molecule has 0 bridgehead atoms. The van der Waals surface area contributed by atoms with Crippen LogP contribution in [-0.2, 0) is 6.18 Å². The zero-order chi connectivity index (χ0) is 20.5. The number of alkyl halides is 3. The maximum atomic E-state index is 12.9. The molecule has 0 N–H and O–H groups in total. The van der Waals surface area contributed by atoms with Gasteiger partial charge in [0.2, 0.25) is 5.95 Å². The van der Waals surface area contributed by atoms with Gasteiger partial charge in [-0.1, -0.05) is 6.07 Å². The lowest BCUT2D eigenvalue weighted by atomic mass is 10.1. The molecule has 0 spiro atoms. The molecule has 150 valence electrons. The van der Waals surface area contributed by atoms with Gasteiger partial charge in [-0.3, -0.25) is 4.79 Å². The second-order valence-corrected chi connectivity index (χ2v) is 6.92. The normalized spacial score (nSPS) is 14.9. The first kappa shape index (κ1) is 19.9. The van der Waals surface area contributed by atoms with Crippen molar-refractivity contribution in [2.24, 2.45) is 0 Å². The highest BCUT2D eigenvalue weighted by Gasteiger charge is 2.32. The van der Waals surface area contributed by atoms with Gasteiger partial charge in [-0.25, -0.2) is 4.98 Å². The third-order valence-electron chi connectivity index (χ3n) is 4.57. The lowest BCUT2D eigenvalue weighted by molar-refractivity contribution is -0.137. The summed E-state index contributed by atoms with van der Waals surface area (Å²) in [7, 11) is 3.80. The van der Waals surface area contributed by atoms with Gasteiger partial charge in [-0.05, 0) is 25.1 Å². The van der Waals surface area contributed by atoms with Crippen molar-refractivity contribution >= 4 is 17.7 Å². The molecule has 2 heterocycles. The Morgan fingerprint density at radius 2 is 1.75 bits per heavy atom. The Kier molecular flexibility index (Phi) is 5.44. The molecule has 1 aromatic carbocycles. The van der Waals surface area contributed by atoms with Crippen molar-refractivity contribution in [1.29, 1.82) is 0 Å². The number of nitrogens with zero attached hydrogens (tertiary/aromatic N) is 5. The number of rotatable bonds is 3. The molecule has 0 aliphatic carbocycles. The van der Waals surface area contributed by atoms with Gasteiger partial charge in [0.1, 0.15) is 5.82 Å². The zero-order valence-corrected chi connectivity index (χ0v) is 16.0. The topological polar surface area (TPSA) is 52.6 Å². The van der Waals surface area contributed by atoms with Crippen molar-refractivity contribution in [3.05, 3.63) is 47.2 Å². The van der Waals surface area contributed by atoms with Crippen molar-refractivity contribution in [1.82, 2.24) is 14.9 Å². The monoisotopic (exact) mass is 393 g/mol. The highest BCUT2D eigenvalue weighted by molar-refractivity contribution is 5.94. The minimum atomic E-state index is -4.47. The summed E-state index contributed by atoms with van der Waals surface area (Å²) >= 11 is 0. The van der Waals surface area contributed by atoms with Gasteiger partial charge in [-0.15, -0.1) is 0 Å². The molecule has 0 unspecified atom stereocenters. The third-order valence-corrected chi connectivity index (χ3v) is 4.57. The highest BCUT2D eigenvalue weighted by atomic mass is 19.4. The van der Waals surface area contributed by atoms with Gasteiger partial charge in [0.15, 0.2) is 0 Å². The van der Waals surface area contributed by atoms with Gasteiger partial charge < -0.3 is 14.7 Å². The second kappa shape index (κ2) is 7.65. The average Bonchev–Trinajstić information content (AvgIpc) is 2.66. The number of aryl methyl sites for hydroxylation is 1. The number of carbonyl (C=O) groups is 1. The Morgan fingerprint density at radius 3 is 2.36 bits per heavy atom. The summed E-state index contributed by atoms with van der Waals surface area (Å²) in [4.78, 5) is 27.1. The smallest absolute Gasteiger partial charge is 0.363 e. The molecule has 9 heteroatoms. The van der Waals surface area contributed by atoms with Crippen LogP contribution in [0.4, 0.5) is 24.9 Å². The molecule has 3 rings (SSSR count). The zero-order valence-electron chi connectivity index (χ0n) is 16.0. The summed E-state index contributed by atoms with van der Waals surface area (Å²) in [6.07, 6.45) is -4.47. The largest absolute Gasteiger partial charge is 0.416 e. The number of carbonyl (C=O) groups excluding carboxylic acids is 1. The molecule has 1 aromatic heterocycles. The van der Waals surface area contributed by atoms with Gasteiger partial charge in [0.05, 0.1) is 5.56 Å². The predicted octanol–water partition coefficient (Wildman–Crippen LogP) is 2.83. The van der Waals surface area contributed by atoms with Crippen LogP contribution < -0.4 is 9.80 Å². The van der Waals surface area contributed by atoms with Crippen LogP contribution in [0.5, 0.6) is 0 Å². The van der Waals surface area contributed by atoms with Gasteiger partial charge >= 0.3 is 6.18 Å². The Labute approximate surface area is 161 Å². The molecule has 0 radical (unpaired) electrons. The van der Waals surface area contributed by atoms with Crippen molar-refractivity contribution in [2.75, 3.05) is 50.1 Å². The van der Waals surface area contributed by atoms with E-state index in [9.17, 15) is 18.0 Å². The summed E-state index contributed by atoms with van der Waals surface area (Å²) < 4.78 is 38.7. The first-order valence-electron chi connectivity index (χ1n) is 8.89. The molecule has 0 atom stereocenters. The van der Waals surface area contributed by atoms with E-state index in [1.807, 2.05) is 36.9 Å². The van der Waals surface area contributed by atoms with Crippen LogP contribution in [0.15, 0.2) is 30.3 Å². The number of hydrogen-bond donors (Lipinski definition) is 0. The number of anilines is 2. The first-order chi connectivity index (χ1) is 13.1. The van der Waals surface area contributed by atoms with E-state index in [1.165, 1.54) is 12.1 Å². The van der Waals surface area contributed by atoms with Crippen LogP contribution in [-0.4, -0.2) is 61.0 Å². The molecular weight excluding hydrogens is 371 g/mol. The summed E-state index contributed by atoms with van der Waals surface area (Å²) in [6.45, 7) is 3.71. The minimum absolute atomic E-state index is 0.0463. The molecular formula is C19H22F3N5O. The van der Waals surface area contributed by atoms with Crippen LogP contribution >= 0.6 is 0 Å². The van der Waals surface area contributed by atoms with Gasteiger partial charge in [0, 0.05) is 57.6 Å². The van der Waals surface area contributed by atoms with Crippen LogP contribution in [0.25, 0.3) is 0 Å². The predicted molar refractivity (Wildman–Crippen MR) is 101 cm³/mol. The molecule has 28 heavy (non-hydrogen) atoms. The van der Waals surface area contributed by atoms with Crippen molar-refractivity contribution in [3.8, 4) is 0 Å². The number of aromatic nitrogens is 2. The number of halogens is 3. The van der Waals surface area contributed by atoms with E-state index in [0.29, 0.717) is 32.1 Å². The van der Waals surface area contributed by atoms with Gasteiger partial charge in [-0.2, -0.15) is 18.2 Å². The maximum absolute atomic E-state index is 12.9. The Balaban J connectivity index is 1.70. The molecule has 2 aromatic rings. The van der Waals surface area contributed by atoms with Crippen LogP contribution in [0.2, 0.25) is 0 Å². The molecule has 1 saturated heterocycles. The Morgan fingerprint density at radius 1 is 1.07 bits per heavy atom. The van der Waals surface area contributed by atoms with E-state index in [-0.39, 0.29) is 5.56 Å². The minimum Gasteiger partial charge on any atom is -0.363 e. The number of amides is 1. The van der Waals surface area contributed by atoms with E-state index in [0.717, 1.165) is 23.6 Å². The summed E-state index contributed by atoms with van der Waals surface area (Å²) in [5.74, 6) is 0.990. The second-order valence-electron chi connectivity index (χ2n) is 6.92. The maximum Gasteiger partial charge on any atom is 0.416 e. The molecule has 0 saturated carbocycles. The average molecular weight is 393 g/mol. The van der Waals surface area contributed by atoms with Crippen LogP contribution in [0.3, 0.4) is 0 Å². The van der Waals surface area contributed by atoms with Gasteiger partial charge in [0.25, 0.3) is 5.91 Å². The third kappa shape index (κ3) is 4.35. The molecule has 1 amide bonds. The lowest BCUT2D eigenvalue weighted by Gasteiger charge is -2.35. The fraction of sp³-hybridized carbons (Fsp3) is 0.421. The van der Waals surface area contributed by atoms with E-state index in [4.69, 9.17) is 0 Å². The standard InChI is InChI=1S/C19H22F3N5O/c1-13-11-16(25(2)3)24-18(23-13)27-9-7-26(8-10-27)17(28)14-5-4-6-15(12-14)19(20,21)22/h4-6,11-12H,7-10H2,1-3H3. The number of piperazine rings is 1.